The number of ether oxygens (including phenoxy) is 1. The van der Waals surface area contributed by atoms with E-state index in [4.69, 9.17) is 4.74 Å². The molecule has 0 aromatic carbocycles. The number of amides is 2. The fourth-order valence-corrected chi connectivity index (χ4v) is 3.66. The zero-order chi connectivity index (χ0) is 18.6. The summed E-state index contributed by atoms with van der Waals surface area (Å²) in [6, 6.07) is 7.01. The van der Waals surface area contributed by atoms with Gasteiger partial charge in [-0.3, -0.25) is 9.78 Å². The molecule has 1 atom stereocenters. The fraction of sp³-hybridized carbons (Fsp3) is 0.474. The van der Waals surface area contributed by atoms with Crippen molar-refractivity contribution in [1.29, 1.82) is 0 Å². The maximum Gasteiger partial charge on any atom is 0.320 e. The Hall–Kier alpha value is -2.74. The van der Waals surface area contributed by atoms with Gasteiger partial charge in [0, 0.05) is 43.7 Å². The number of morpholine rings is 1. The molecule has 4 heterocycles. The summed E-state index contributed by atoms with van der Waals surface area (Å²) in [6.07, 6.45) is 5.24. The van der Waals surface area contributed by atoms with Crippen LogP contribution in [0.1, 0.15) is 12.8 Å². The van der Waals surface area contributed by atoms with Crippen molar-refractivity contribution in [3.63, 3.8) is 0 Å². The monoisotopic (exact) mass is 369 g/mol. The minimum absolute atomic E-state index is 0.0188. The molecule has 2 saturated heterocycles. The molecule has 0 N–H and O–H groups in total. The molecule has 4 rings (SSSR count). The lowest BCUT2D eigenvalue weighted by Crippen LogP contribution is -2.50. The van der Waals surface area contributed by atoms with Crippen molar-refractivity contribution in [2.75, 3.05) is 32.8 Å². The van der Waals surface area contributed by atoms with Crippen molar-refractivity contribution >= 4 is 6.03 Å². The Labute approximate surface area is 157 Å². The molecule has 27 heavy (non-hydrogen) atoms. The van der Waals surface area contributed by atoms with E-state index in [0.29, 0.717) is 38.5 Å². The highest BCUT2D eigenvalue weighted by molar-refractivity contribution is 5.75. The van der Waals surface area contributed by atoms with Gasteiger partial charge in [0.25, 0.3) is 5.56 Å². The molecule has 0 bridgehead atoms. The van der Waals surface area contributed by atoms with Gasteiger partial charge in [0.1, 0.15) is 0 Å². The molecule has 142 valence electrons. The number of hydrogen-bond donors (Lipinski definition) is 0. The Morgan fingerprint density at radius 2 is 2.04 bits per heavy atom. The van der Waals surface area contributed by atoms with Gasteiger partial charge in [-0.15, -0.1) is 0 Å². The van der Waals surface area contributed by atoms with E-state index >= 15 is 0 Å². The summed E-state index contributed by atoms with van der Waals surface area (Å²) >= 11 is 0. The highest BCUT2D eigenvalue weighted by Crippen LogP contribution is 2.21. The molecule has 8 nitrogen and oxygen atoms in total. The van der Waals surface area contributed by atoms with E-state index in [1.807, 2.05) is 21.9 Å². The number of pyridine rings is 1. The van der Waals surface area contributed by atoms with Crippen molar-refractivity contribution in [2.24, 2.45) is 0 Å². The van der Waals surface area contributed by atoms with E-state index in [9.17, 15) is 9.59 Å². The van der Waals surface area contributed by atoms with Gasteiger partial charge < -0.3 is 14.5 Å². The highest BCUT2D eigenvalue weighted by Gasteiger charge is 2.33. The topological polar surface area (TPSA) is 80.6 Å². The average Bonchev–Trinajstić information content (AvgIpc) is 3.18. The van der Waals surface area contributed by atoms with Gasteiger partial charge >= 0.3 is 6.03 Å². The molecular weight excluding hydrogens is 346 g/mol. The second-order valence-electron chi connectivity index (χ2n) is 6.85. The van der Waals surface area contributed by atoms with Crippen molar-refractivity contribution in [2.45, 2.75) is 25.4 Å². The smallest absolute Gasteiger partial charge is 0.320 e. The zero-order valence-electron chi connectivity index (χ0n) is 15.2. The summed E-state index contributed by atoms with van der Waals surface area (Å²) in [5, 5.41) is 4.50. The predicted octanol–water partition coefficient (Wildman–Crippen LogP) is 1.22. The molecule has 0 saturated carbocycles. The van der Waals surface area contributed by atoms with Crippen molar-refractivity contribution in [3.05, 3.63) is 47.0 Å². The van der Waals surface area contributed by atoms with Crippen LogP contribution in [0, 0.1) is 0 Å². The Morgan fingerprint density at radius 1 is 1.19 bits per heavy atom. The first-order chi connectivity index (χ1) is 13.2. The second-order valence-corrected chi connectivity index (χ2v) is 6.85. The molecule has 1 unspecified atom stereocenters. The van der Waals surface area contributed by atoms with Gasteiger partial charge in [0.05, 0.1) is 31.5 Å². The zero-order valence-corrected chi connectivity index (χ0v) is 15.2. The number of nitrogens with zero attached hydrogens (tertiary/aromatic N) is 5. The third-order valence-electron chi connectivity index (χ3n) is 5.11. The minimum atomic E-state index is -0.159. The van der Waals surface area contributed by atoms with Crippen molar-refractivity contribution < 1.29 is 9.53 Å². The first-order valence-corrected chi connectivity index (χ1v) is 9.34. The molecule has 2 aromatic rings. The van der Waals surface area contributed by atoms with E-state index in [1.54, 1.807) is 18.5 Å². The number of rotatable bonds is 3. The largest absolute Gasteiger partial charge is 0.378 e. The quantitative estimate of drug-likeness (QED) is 0.813. The molecule has 2 aliphatic rings. The van der Waals surface area contributed by atoms with Gasteiger partial charge in [0.2, 0.25) is 0 Å². The fourth-order valence-electron chi connectivity index (χ4n) is 3.66. The van der Waals surface area contributed by atoms with E-state index in [2.05, 4.69) is 10.1 Å². The number of carbonyl (C=O) groups is 1. The van der Waals surface area contributed by atoms with Crippen LogP contribution >= 0.6 is 0 Å². The molecule has 0 aliphatic carbocycles. The third kappa shape index (κ3) is 3.85. The van der Waals surface area contributed by atoms with E-state index < -0.39 is 0 Å². The summed E-state index contributed by atoms with van der Waals surface area (Å²) in [5.41, 5.74) is 1.40. The lowest BCUT2D eigenvalue weighted by Gasteiger charge is -2.33. The third-order valence-corrected chi connectivity index (χ3v) is 5.11. The number of urea groups is 1. The molecule has 0 spiro atoms. The van der Waals surface area contributed by atoms with Crippen LogP contribution in [-0.2, 0) is 11.3 Å². The number of likely N-dealkylation sites (tertiary alicyclic amines) is 1. The molecule has 2 aromatic heterocycles. The summed E-state index contributed by atoms with van der Waals surface area (Å²) in [5.74, 6) is 0. The van der Waals surface area contributed by atoms with Crippen molar-refractivity contribution in [1.82, 2.24) is 24.6 Å². The van der Waals surface area contributed by atoms with Crippen LogP contribution in [0.25, 0.3) is 11.3 Å². The minimum Gasteiger partial charge on any atom is -0.378 e. The van der Waals surface area contributed by atoms with Crippen molar-refractivity contribution in [3.8, 4) is 11.3 Å². The van der Waals surface area contributed by atoms with Gasteiger partial charge in [-0.05, 0) is 31.0 Å². The van der Waals surface area contributed by atoms with Gasteiger partial charge in [-0.25, -0.2) is 9.48 Å². The lowest BCUT2D eigenvalue weighted by molar-refractivity contribution is 0.0414. The van der Waals surface area contributed by atoms with Gasteiger partial charge in [0.15, 0.2) is 0 Å². The van der Waals surface area contributed by atoms with Crippen LogP contribution in [0.5, 0.6) is 0 Å². The first kappa shape index (κ1) is 17.7. The van der Waals surface area contributed by atoms with Crippen LogP contribution in [0.3, 0.4) is 0 Å². The number of carbonyl (C=O) groups excluding carboxylic acids is 1. The average molecular weight is 369 g/mol. The molecule has 2 fully saturated rings. The Balaban J connectivity index is 1.52. The standard InChI is InChI=1S/C19H23N5O3/c25-18-6-5-17(15-3-1-7-20-13-15)21-24(18)14-16-4-2-8-23(16)19(26)22-9-11-27-12-10-22/h1,3,5-7,13,16H,2,4,8-12,14H2. The molecular formula is C19H23N5O3. The lowest BCUT2D eigenvalue weighted by atomic mass is 10.2. The Kier molecular flexibility index (Phi) is 5.15. The Morgan fingerprint density at radius 3 is 2.81 bits per heavy atom. The van der Waals surface area contributed by atoms with Crippen LogP contribution < -0.4 is 5.56 Å². The maximum absolute atomic E-state index is 12.9. The van der Waals surface area contributed by atoms with Crippen LogP contribution in [0.15, 0.2) is 41.5 Å². The number of aromatic nitrogens is 3. The van der Waals surface area contributed by atoms with Crippen LogP contribution in [-0.4, -0.2) is 69.5 Å². The van der Waals surface area contributed by atoms with Crippen LogP contribution in [0.2, 0.25) is 0 Å². The predicted molar refractivity (Wildman–Crippen MR) is 99.2 cm³/mol. The molecule has 2 amide bonds. The molecule has 8 heteroatoms. The SMILES string of the molecule is O=C(N1CCOCC1)N1CCCC1Cn1nc(-c2cccnc2)ccc1=O. The van der Waals surface area contributed by atoms with Crippen LogP contribution in [0.4, 0.5) is 4.79 Å². The van der Waals surface area contributed by atoms with E-state index in [0.717, 1.165) is 24.9 Å². The highest BCUT2D eigenvalue weighted by atomic mass is 16.5. The summed E-state index contributed by atoms with van der Waals surface area (Å²) in [7, 11) is 0. The summed E-state index contributed by atoms with van der Waals surface area (Å²) in [4.78, 5) is 33.0. The summed E-state index contributed by atoms with van der Waals surface area (Å²) in [6.45, 7) is 3.53. The maximum atomic E-state index is 12.9. The van der Waals surface area contributed by atoms with Gasteiger partial charge in [-0.2, -0.15) is 5.10 Å². The summed E-state index contributed by atoms with van der Waals surface area (Å²) < 4.78 is 6.80. The number of hydrogen-bond acceptors (Lipinski definition) is 5. The second kappa shape index (κ2) is 7.87. The normalized spacial score (nSPS) is 20.1. The Bertz CT molecular complexity index is 848. The van der Waals surface area contributed by atoms with E-state index in [-0.39, 0.29) is 17.6 Å². The molecule has 2 aliphatic heterocycles. The first-order valence-electron chi connectivity index (χ1n) is 9.34. The molecule has 0 radical (unpaired) electrons. The van der Waals surface area contributed by atoms with E-state index in [1.165, 1.54) is 10.7 Å². The van der Waals surface area contributed by atoms with Gasteiger partial charge in [-0.1, -0.05) is 0 Å².